The minimum Gasteiger partial charge on any atom is -0.451 e. The molecule has 0 aliphatic carbocycles. The zero-order valence-corrected chi connectivity index (χ0v) is 14.3. The summed E-state index contributed by atoms with van der Waals surface area (Å²) in [5.74, 6) is -0.840. The van der Waals surface area contributed by atoms with Crippen LogP contribution in [0.15, 0.2) is 39.5 Å². The Labute approximate surface area is 149 Å². The lowest BCUT2D eigenvalue weighted by Gasteiger charge is -2.38. The minimum atomic E-state index is -0.374. The van der Waals surface area contributed by atoms with Gasteiger partial charge in [-0.05, 0) is 31.4 Å². The second-order valence-electron chi connectivity index (χ2n) is 7.06. The van der Waals surface area contributed by atoms with E-state index < -0.39 is 0 Å². The number of likely N-dealkylation sites (tertiary alicyclic amines) is 1. The van der Waals surface area contributed by atoms with Gasteiger partial charge < -0.3 is 19.8 Å². The predicted molar refractivity (Wildman–Crippen MR) is 93.6 cm³/mol. The summed E-state index contributed by atoms with van der Waals surface area (Å²) in [6, 6.07) is 8.12. The Kier molecular flexibility index (Phi) is 4.03. The number of benzene rings is 1. The first-order valence-corrected chi connectivity index (χ1v) is 8.73. The number of para-hydroxylation sites is 1. The van der Waals surface area contributed by atoms with Gasteiger partial charge in [-0.15, -0.1) is 0 Å². The van der Waals surface area contributed by atoms with Gasteiger partial charge in [0.25, 0.3) is 5.91 Å². The Morgan fingerprint density at radius 2 is 1.92 bits per heavy atom. The van der Waals surface area contributed by atoms with Crippen LogP contribution in [-0.4, -0.2) is 42.0 Å². The Morgan fingerprint density at radius 1 is 1.19 bits per heavy atom. The van der Waals surface area contributed by atoms with E-state index in [1.807, 2.05) is 0 Å². The van der Waals surface area contributed by atoms with Gasteiger partial charge in [0, 0.05) is 19.2 Å². The topological polar surface area (TPSA) is 103 Å². The first-order valence-electron chi connectivity index (χ1n) is 8.73. The lowest BCUT2D eigenvalue weighted by Crippen LogP contribution is -2.46. The third-order valence-corrected chi connectivity index (χ3v) is 5.42. The number of amides is 2. The molecule has 7 nitrogen and oxygen atoms in total. The molecule has 1 spiro atoms. The number of nitrogens with zero attached hydrogens (tertiary/aromatic N) is 1. The fourth-order valence-corrected chi connectivity index (χ4v) is 3.86. The zero-order valence-electron chi connectivity index (χ0n) is 14.3. The lowest BCUT2D eigenvalue weighted by atomic mass is 9.85. The van der Waals surface area contributed by atoms with Crippen LogP contribution in [-0.2, 0) is 9.53 Å². The van der Waals surface area contributed by atoms with Crippen LogP contribution in [0.1, 0.15) is 29.8 Å². The lowest BCUT2D eigenvalue weighted by molar-refractivity contribution is -0.121. The number of primary amides is 1. The molecular formula is C19H20N2O5. The van der Waals surface area contributed by atoms with E-state index in [1.165, 1.54) is 6.07 Å². The summed E-state index contributed by atoms with van der Waals surface area (Å²) in [5.41, 5.74) is 5.17. The summed E-state index contributed by atoms with van der Waals surface area (Å²) in [5, 5.41) is 0.457. The van der Waals surface area contributed by atoms with Crippen molar-refractivity contribution in [1.29, 1.82) is 0 Å². The standard InChI is InChI=1S/C19H20N2O5/c20-17(23)12-10-19(25-11-12)5-7-21(8-6-19)18(24)16-9-14(22)13-3-1-2-4-15(13)26-16/h1-4,9,12H,5-8,10-11H2,(H2,20,23). The van der Waals surface area contributed by atoms with Crippen molar-refractivity contribution in [2.45, 2.75) is 24.9 Å². The number of hydrogen-bond acceptors (Lipinski definition) is 5. The van der Waals surface area contributed by atoms with Crippen molar-refractivity contribution in [3.8, 4) is 0 Å². The van der Waals surface area contributed by atoms with Crippen LogP contribution in [0.4, 0.5) is 0 Å². The highest BCUT2D eigenvalue weighted by molar-refractivity contribution is 5.93. The van der Waals surface area contributed by atoms with Crippen molar-refractivity contribution in [1.82, 2.24) is 4.90 Å². The van der Waals surface area contributed by atoms with Gasteiger partial charge in [0.1, 0.15) is 5.58 Å². The van der Waals surface area contributed by atoms with Crippen LogP contribution in [0, 0.1) is 5.92 Å². The zero-order chi connectivity index (χ0) is 18.3. The quantitative estimate of drug-likeness (QED) is 0.873. The minimum absolute atomic E-state index is 0.0482. The van der Waals surface area contributed by atoms with Gasteiger partial charge in [-0.25, -0.2) is 0 Å². The van der Waals surface area contributed by atoms with Crippen molar-refractivity contribution >= 4 is 22.8 Å². The molecule has 2 N–H and O–H groups in total. The number of nitrogens with two attached hydrogens (primary N) is 1. The second kappa shape index (κ2) is 6.25. The predicted octanol–water partition coefficient (Wildman–Crippen LogP) is 1.29. The van der Waals surface area contributed by atoms with E-state index in [1.54, 1.807) is 29.2 Å². The molecule has 2 saturated heterocycles. The number of hydrogen-bond donors (Lipinski definition) is 1. The molecule has 0 saturated carbocycles. The van der Waals surface area contributed by atoms with Gasteiger partial charge in [-0.2, -0.15) is 0 Å². The highest BCUT2D eigenvalue weighted by Crippen LogP contribution is 2.38. The fourth-order valence-electron chi connectivity index (χ4n) is 3.86. The normalized spacial score (nSPS) is 22.0. The molecule has 2 aliphatic heterocycles. The summed E-state index contributed by atoms with van der Waals surface area (Å²) in [6.07, 6.45) is 1.89. The van der Waals surface area contributed by atoms with Gasteiger partial charge >= 0.3 is 0 Å². The maximum absolute atomic E-state index is 12.7. The van der Waals surface area contributed by atoms with Gasteiger partial charge in [0.15, 0.2) is 11.2 Å². The summed E-state index contributed by atoms with van der Waals surface area (Å²) >= 11 is 0. The number of piperidine rings is 1. The SMILES string of the molecule is NC(=O)C1COC2(CCN(C(=O)c3cc(=O)c4ccccc4o3)CC2)C1. The Bertz CT molecular complexity index is 927. The maximum Gasteiger partial charge on any atom is 0.289 e. The summed E-state index contributed by atoms with van der Waals surface area (Å²) in [7, 11) is 0. The molecule has 2 aliphatic rings. The highest BCUT2D eigenvalue weighted by Gasteiger charge is 2.45. The van der Waals surface area contributed by atoms with Crippen LogP contribution < -0.4 is 11.2 Å². The van der Waals surface area contributed by atoms with Crippen molar-refractivity contribution in [3.05, 3.63) is 46.3 Å². The van der Waals surface area contributed by atoms with E-state index in [0.29, 0.717) is 49.9 Å². The van der Waals surface area contributed by atoms with Crippen molar-refractivity contribution in [3.63, 3.8) is 0 Å². The molecular weight excluding hydrogens is 336 g/mol. The summed E-state index contributed by atoms with van der Waals surface area (Å²) in [4.78, 5) is 38.0. The molecule has 136 valence electrons. The third-order valence-electron chi connectivity index (χ3n) is 5.42. The van der Waals surface area contributed by atoms with Gasteiger partial charge in [0.05, 0.1) is 23.5 Å². The smallest absolute Gasteiger partial charge is 0.289 e. The Balaban J connectivity index is 1.49. The molecule has 1 atom stereocenters. The number of fused-ring (bicyclic) bond motifs is 1. The first kappa shape index (κ1) is 16.8. The van der Waals surface area contributed by atoms with Crippen LogP contribution >= 0.6 is 0 Å². The molecule has 3 heterocycles. The molecule has 2 amide bonds. The molecule has 1 aromatic heterocycles. The number of carbonyl (C=O) groups excluding carboxylic acids is 2. The first-order chi connectivity index (χ1) is 12.5. The van der Waals surface area contributed by atoms with Gasteiger partial charge in [-0.1, -0.05) is 12.1 Å². The van der Waals surface area contributed by atoms with Gasteiger partial charge in [0.2, 0.25) is 5.91 Å². The molecule has 2 fully saturated rings. The largest absolute Gasteiger partial charge is 0.451 e. The van der Waals surface area contributed by atoms with Crippen LogP contribution in [0.2, 0.25) is 0 Å². The number of carbonyl (C=O) groups is 2. The molecule has 2 aromatic rings. The molecule has 0 radical (unpaired) electrons. The van der Waals surface area contributed by atoms with E-state index in [4.69, 9.17) is 14.9 Å². The average molecular weight is 356 g/mol. The van der Waals surface area contributed by atoms with E-state index in [9.17, 15) is 14.4 Å². The third kappa shape index (κ3) is 2.88. The number of ether oxygens (including phenoxy) is 1. The van der Waals surface area contributed by atoms with Crippen molar-refractivity contribution in [2.75, 3.05) is 19.7 Å². The van der Waals surface area contributed by atoms with E-state index in [2.05, 4.69) is 0 Å². The Hall–Kier alpha value is -2.67. The van der Waals surface area contributed by atoms with E-state index in [-0.39, 0.29) is 34.5 Å². The molecule has 1 unspecified atom stereocenters. The Morgan fingerprint density at radius 3 is 2.62 bits per heavy atom. The second-order valence-corrected chi connectivity index (χ2v) is 7.06. The van der Waals surface area contributed by atoms with Crippen LogP contribution in [0.3, 0.4) is 0 Å². The van der Waals surface area contributed by atoms with Crippen molar-refractivity contribution < 1.29 is 18.7 Å². The van der Waals surface area contributed by atoms with E-state index in [0.717, 1.165) is 0 Å². The van der Waals surface area contributed by atoms with Gasteiger partial charge in [-0.3, -0.25) is 14.4 Å². The van der Waals surface area contributed by atoms with Crippen molar-refractivity contribution in [2.24, 2.45) is 11.7 Å². The fraction of sp³-hybridized carbons (Fsp3) is 0.421. The highest BCUT2D eigenvalue weighted by atomic mass is 16.5. The van der Waals surface area contributed by atoms with Crippen LogP contribution in [0.5, 0.6) is 0 Å². The average Bonchev–Trinajstić information content (AvgIpc) is 3.06. The molecule has 1 aromatic carbocycles. The molecule has 0 bridgehead atoms. The summed E-state index contributed by atoms with van der Waals surface area (Å²) < 4.78 is 11.5. The summed E-state index contributed by atoms with van der Waals surface area (Å²) in [6.45, 7) is 1.32. The monoisotopic (exact) mass is 356 g/mol. The maximum atomic E-state index is 12.7. The number of rotatable bonds is 2. The molecule has 26 heavy (non-hydrogen) atoms. The van der Waals surface area contributed by atoms with E-state index >= 15 is 0 Å². The van der Waals surface area contributed by atoms with Crippen LogP contribution in [0.25, 0.3) is 11.0 Å². The molecule has 7 heteroatoms. The molecule has 4 rings (SSSR count).